The number of fused-ring (bicyclic) bond motifs is 1. The molecular formula is C15H17N3O2S. The van der Waals surface area contributed by atoms with Crippen molar-refractivity contribution in [1.29, 1.82) is 0 Å². The van der Waals surface area contributed by atoms with E-state index in [4.69, 9.17) is 4.74 Å². The van der Waals surface area contributed by atoms with Crippen LogP contribution in [0.5, 0.6) is 0 Å². The molecule has 0 fully saturated rings. The summed E-state index contributed by atoms with van der Waals surface area (Å²) in [6, 6.07) is 8.24. The first-order chi connectivity index (χ1) is 10.1. The zero-order valence-electron chi connectivity index (χ0n) is 12.3. The van der Waals surface area contributed by atoms with Gasteiger partial charge in [0.15, 0.2) is 5.13 Å². The summed E-state index contributed by atoms with van der Waals surface area (Å²) in [7, 11) is 3.48. The summed E-state index contributed by atoms with van der Waals surface area (Å²) < 4.78 is 4.81. The number of para-hydroxylation sites is 2. The van der Waals surface area contributed by atoms with Crippen LogP contribution in [-0.2, 0) is 4.74 Å². The lowest BCUT2D eigenvalue weighted by Crippen LogP contribution is -2.36. The van der Waals surface area contributed by atoms with E-state index in [1.807, 2.05) is 19.1 Å². The van der Waals surface area contributed by atoms with E-state index in [1.165, 1.54) is 24.1 Å². The highest BCUT2D eigenvalue weighted by molar-refractivity contribution is 7.17. The number of rotatable bonds is 2. The molecule has 2 aromatic rings. The molecule has 1 aliphatic heterocycles. The number of carbonyl (C=O) groups excluding carboxylic acids is 1. The minimum Gasteiger partial charge on any atom is -0.465 e. The number of ether oxygens (including phenoxy) is 1. The molecule has 0 spiro atoms. The number of hydrogen-bond acceptors (Lipinski definition) is 6. The van der Waals surface area contributed by atoms with Gasteiger partial charge < -0.3 is 14.5 Å². The molecule has 0 saturated carbocycles. The van der Waals surface area contributed by atoms with Gasteiger partial charge in [-0.1, -0.05) is 23.5 Å². The second-order valence-corrected chi connectivity index (χ2v) is 5.94. The molecule has 0 atom stereocenters. The Morgan fingerprint density at radius 2 is 2.00 bits per heavy atom. The highest BCUT2D eigenvalue weighted by Gasteiger charge is 2.25. The topological polar surface area (TPSA) is 45.7 Å². The fraction of sp³-hybridized carbons (Fsp3) is 0.333. The van der Waals surface area contributed by atoms with Crippen LogP contribution in [0.1, 0.15) is 15.4 Å². The molecule has 1 aromatic carbocycles. The Kier molecular flexibility index (Phi) is 3.55. The van der Waals surface area contributed by atoms with Gasteiger partial charge in [-0.05, 0) is 19.1 Å². The third kappa shape index (κ3) is 2.35. The largest absolute Gasteiger partial charge is 0.465 e. The number of aromatic nitrogens is 1. The smallest absolute Gasteiger partial charge is 0.350 e. The number of aryl methyl sites for hydroxylation is 1. The SMILES string of the molecule is COC(=O)c1sc(N2CCN(C)c3ccccc32)nc1C. The molecule has 0 unspecified atom stereocenters. The summed E-state index contributed by atoms with van der Waals surface area (Å²) in [5, 5.41) is 0.841. The number of benzene rings is 1. The Bertz CT molecular complexity index is 683. The van der Waals surface area contributed by atoms with Gasteiger partial charge in [0, 0.05) is 20.1 Å². The number of methoxy groups -OCH3 is 1. The Hall–Kier alpha value is -2.08. The van der Waals surface area contributed by atoms with Crippen LogP contribution in [0.2, 0.25) is 0 Å². The molecule has 0 amide bonds. The van der Waals surface area contributed by atoms with Gasteiger partial charge in [0.2, 0.25) is 0 Å². The Morgan fingerprint density at radius 3 is 2.71 bits per heavy atom. The molecule has 3 rings (SSSR count). The molecule has 0 saturated heterocycles. The molecule has 0 radical (unpaired) electrons. The molecular weight excluding hydrogens is 286 g/mol. The molecule has 1 aromatic heterocycles. The van der Waals surface area contributed by atoms with Gasteiger partial charge in [-0.25, -0.2) is 9.78 Å². The van der Waals surface area contributed by atoms with E-state index in [0.717, 1.165) is 29.6 Å². The lowest BCUT2D eigenvalue weighted by Gasteiger charge is -2.35. The first-order valence-corrected chi connectivity index (χ1v) is 7.57. The van der Waals surface area contributed by atoms with Crippen molar-refractivity contribution in [3.8, 4) is 0 Å². The summed E-state index contributed by atoms with van der Waals surface area (Å²) in [5.41, 5.74) is 3.02. The maximum absolute atomic E-state index is 11.7. The first kappa shape index (κ1) is 13.9. The van der Waals surface area contributed by atoms with Gasteiger partial charge >= 0.3 is 5.97 Å². The van der Waals surface area contributed by atoms with Crippen LogP contribution in [0, 0.1) is 6.92 Å². The summed E-state index contributed by atoms with van der Waals surface area (Å²) >= 11 is 1.39. The lowest BCUT2D eigenvalue weighted by molar-refractivity contribution is 0.0605. The van der Waals surface area contributed by atoms with E-state index in [2.05, 4.69) is 34.0 Å². The van der Waals surface area contributed by atoms with Crippen LogP contribution in [-0.4, -0.2) is 38.2 Å². The summed E-state index contributed by atoms with van der Waals surface area (Å²) in [4.78, 5) is 21.3. The fourth-order valence-corrected chi connectivity index (χ4v) is 3.51. The predicted molar refractivity (Wildman–Crippen MR) is 84.9 cm³/mol. The molecule has 0 aliphatic carbocycles. The fourth-order valence-electron chi connectivity index (χ4n) is 2.48. The van der Waals surface area contributed by atoms with Crippen molar-refractivity contribution in [2.75, 3.05) is 37.0 Å². The number of anilines is 3. The molecule has 5 nitrogen and oxygen atoms in total. The molecule has 110 valence electrons. The average Bonchev–Trinajstić information content (AvgIpc) is 2.89. The van der Waals surface area contributed by atoms with Crippen LogP contribution in [0.15, 0.2) is 24.3 Å². The van der Waals surface area contributed by atoms with E-state index in [0.29, 0.717) is 4.88 Å². The van der Waals surface area contributed by atoms with E-state index >= 15 is 0 Å². The van der Waals surface area contributed by atoms with Crippen LogP contribution < -0.4 is 9.80 Å². The molecule has 2 heterocycles. The standard InChI is InChI=1S/C15H17N3O2S/c1-10-13(14(19)20-3)21-15(16-10)18-9-8-17(2)11-6-4-5-7-12(11)18/h4-7H,8-9H2,1-3H3. The molecule has 0 bridgehead atoms. The van der Waals surface area contributed by atoms with Crippen LogP contribution in [0.25, 0.3) is 0 Å². The summed E-state index contributed by atoms with van der Waals surface area (Å²) in [5.74, 6) is -0.321. The predicted octanol–water partition coefficient (Wildman–Crippen LogP) is 2.83. The minimum absolute atomic E-state index is 0.321. The van der Waals surface area contributed by atoms with Crippen molar-refractivity contribution in [2.45, 2.75) is 6.92 Å². The lowest BCUT2D eigenvalue weighted by atomic mass is 10.2. The van der Waals surface area contributed by atoms with Crippen molar-refractivity contribution in [1.82, 2.24) is 4.98 Å². The molecule has 21 heavy (non-hydrogen) atoms. The van der Waals surface area contributed by atoms with Crippen LogP contribution in [0.4, 0.5) is 16.5 Å². The maximum Gasteiger partial charge on any atom is 0.350 e. The van der Waals surface area contributed by atoms with Gasteiger partial charge in [-0.2, -0.15) is 0 Å². The quantitative estimate of drug-likeness (QED) is 0.798. The normalized spacial score (nSPS) is 14.0. The van der Waals surface area contributed by atoms with Crippen molar-refractivity contribution >= 4 is 33.8 Å². The Morgan fingerprint density at radius 1 is 1.29 bits per heavy atom. The van der Waals surface area contributed by atoms with Gasteiger partial charge in [0.1, 0.15) is 4.88 Å². The molecule has 1 aliphatic rings. The van der Waals surface area contributed by atoms with Gasteiger partial charge in [-0.3, -0.25) is 0 Å². The highest BCUT2D eigenvalue weighted by atomic mass is 32.1. The third-order valence-electron chi connectivity index (χ3n) is 3.63. The molecule has 6 heteroatoms. The number of likely N-dealkylation sites (N-methyl/N-ethyl adjacent to an activating group) is 1. The van der Waals surface area contributed by atoms with Crippen molar-refractivity contribution in [2.24, 2.45) is 0 Å². The third-order valence-corrected chi connectivity index (χ3v) is 4.79. The second kappa shape index (κ2) is 5.37. The first-order valence-electron chi connectivity index (χ1n) is 6.75. The zero-order chi connectivity index (χ0) is 15.0. The number of nitrogens with zero attached hydrogens (tertiary/aromatic N) is 3. The maximum atomic E-state index is 11.7. The summed E-state index contributed by atoms with van der Waals surface area (Å²) in [6.07, 6.45) is 0. The monoisotopic (exact) mass is 303 g/mol. The van der Waals surface area contributed by atoms with Gasteiger partial charge in [0.05, 0.1) is 24.2 Å². The Balaban J connectivity index is 2.02. The number of esters is 1. The Labute approximate surface area is 127 Å². The summed E-state index contributed by atoms with van der Waals surface area (Å²) in [6.45, 7) is 3.61. The van der Waals surface area contributed by atoms with E-state index in [-0.39, 0.29) is 5.97 Å². The number of thiazole rings is 1. The zero-order valence-corrected chi connectivity index (χ0v) is 13.1. The minimum atomic E-state index is -0.321. The van der Waals surface area contributed by atoms with E-state index < -0.39 is 0 Å². The van der Waals surface area contributed by atoms with Crippen LogP contribution in [0.3, 0.4) is 0 Å². The number of hydrogen-bond donors (Lipinski definition) is 0. The average molecular weight is 303 g/mol. The van der Waals surface area contributed by atoms with E-state index in [1.54, 1.807) is 0 Å². The van der Waals surface area contributed by atoms with Crippen molar-refractivity contribution < 1.29 is 9.53 Å². The second-order valence-electron chi connectivity index (χ2n) is 4.96. The van der Waals surface area contributed by atoms with Crippen LogP contribution >= 0.6 is 11.3 Å². The highest BCUT2D eigenvalue weighted by Crippen LogP contribution is 2.39. The van der Waals surface area contributed by atoms with Crippen molar-refractivity contribution in [3.63, 3.8) is 0 Å². The molecule has 0 N–H and O–H groups in total. The number of carbonyl (C=O) groups is 1. The van der Waals surface area contributed by atoms with Gasteiger partial charge in [0.25, 0.3) is 0 Å². The van der Waals surface area contributed by atoms with E-state index in [9.17, 15) is 4.79 Å². The van der Waals surface area contributed by atoms with Crippen molar-refractivity contribution in [3.05, 3.63) is 34.8 Å². The van der Waals surface area contributed by atoms with Gasteiger partial charge in [-0.15, -0.1) is 0 Å².